The van der Waals surface area contributed by atoms with E-state index in [0.717, 1.165) is 6.42 Å². The first kappa shape index (κ1) is 8.98. The van der Waals surface area contributed by atoms with Gasteiger partial charge in [0, 0.05) is 6.04 Å². The maximum Gasteiger partial charge on any atom is 0.342 e. The van der Waals surface area contributed by atoms with Gasteiger partial charge in [0.2, 0.25) is 5.82 Å². The number of anilines is 1. The molecule has 1 saturated carbocycles. The highest BCUT2D eigenvalue weighted by molar-refractivity contribution is 5.34. The maximum atomic E-state index is 11.2. The van der Waals surface area contributed by atoms with Gasteiger partial charge in [-0.25, -0.2) is 9.89 Å². The van der Waals surface area contributed by atoms with Gasteiger partial charge in [0.1, 0.15) is 0 Å². The van der Waals surface area contributed by atoms with Crippen molar-refractivity contribution >= 4 is 5.82 Å². The van der Waals surface area contributed by atoms with Crippen LogP contribution in [0.1, 0.15) is 20.3 Å². The molecular weight excluding hydrogens is 184 g/mol. The summed E-state index contributed by atoms with van der Waals surface area (Å²) in [5, 5.41) is 8.79. The number of rotatable bonds is 2. The average molecular weight is 196 g/mol. The molecule has 6 heteroatoms. The zero-order valence-electron chi connectivity index (χ0n) is 8.05. The van der Waals surface area contributed by atoms with Crippen molar-refractivity contribution in [1.29, 1.82) is 0 Å². The van der Waals surface area contributed by atoms with E-state index in [4.69, 9.17) is 0 Å². The second-order valence-electron chi connectivity index (χ2n) is 4.25. The lowest BCUT2D eigenvalue weighted by Crippen LogP contribution is -2.28. The highest BCUT2D eigenvalue weighted by atomic mass is 16.2. The van der Waals surface area contributed by atoms with Gasteiger partial charge >= 0.3 is 5.69 Å². The zero-order chi connectivity index (χ0) is 10.3. The molecule has 0 saturated heterocycles. The van der Waals surface area contributed by atoms with Crippen LogP contribution in [-0.2, 0) is 0 Å². The first-order valence-electron chi connectivity index (χ1n) is 4.44. The van der Waals surface area contributed by atoms with E-state index < -0.39 is 11.2 Å². The number of hydrogen-bond acceptors (Lipinski definition) is 4. The van der Waals surface area contributed by atoms with Gasteiger partial charge in [0.25, 0.3) is 5.56 Å². The molecule has 0 amide bonds. The molecule has 14 heavy (non-hydrogen) atoms. The van der Waals surface area contributed by atoms with Gasteiger partial charge < -0.3 is 5.32 Å². The van der Waals surface area contributed by atoms with Crippen LogP contribution in [-0.4, -0.2) is 21.2 Å². The smallest absolute Gasteiger partial charge is 0.342 e. The van der Waals surface area contributed by atoms with Crippen LogP contribution in [0.25, 0.3) is 0 Å². The van der Waals surface area contributed by atoms with Crippen molar-refractivity contribution in [2.24, 2.45) is 5.41 Å². The third kappa shape index (κ3) is 1.55. The molecular formula is C8H12N4O2. The van der Waals surface area contributed by atoms with Crippen molar-refractivity contribution in [2.45, 2.75) is 26.3 Å². The van der Waals surface area contributed by atoms with Gasteiger partial charge in [-0.1, -0.05) is 13.8 Å². The summed E-state index contributed by atoms with van der Waals surface area (Å²) in [4.78, 5) is 24.0. The molecule has 1 aliphatic carbocycles. The fraction of sp³-hybridized carbons (Fsp3) is 0.625. The largest absolute Gasteiger partial charge is 0.361 e. The summed E-state index contributed by atoms with van der Waals surface area (Å²) in [5.74, 6) is 0.181. The fourth-order valence-electron chi connectivity index (χ4n) is 1.32. The molecule has 1 unspecified atom stereocenters. The lowest BCUT2D eigenvalue weighted by atomic mass is 10.2. The number of nitrogens with one attached hydrogen (secondary N) is 3. The Hall–Kier alpha value is -1.59. The van der Waals surface area contributed by atoms with Crippen LogP contribution in [0.4, 0.5) is 5.82 Å². The van der Waals surface area contributed by atoms with Crippen LogP contribution in [0.3, 0.4) is 0 Å². The SMILES string of the molecule is CC1(C)CC1Nc1n[nH]c(=O)[nH]c1=O. The van der Waals surface area contributed by atoms with Gasteiger partial charge in [-0.2, -0.15) is 0 Å². The summed E-state index contributed by atoms with van der Waals surface area (Å²) in [6.45, 7) is 4.20. The molecule has 0 aromatic carbocycles. The molecule has 1 aliphatic rings. The van der Waals surface area contributed by atoms with Crippen LogP contribution < -0.4 is 16.6 Å². The van der Waals surface area contributed by atoms with Crippen LogP contribution >= 0.6 is 0 Å². The highest BCUT2D eigenvalue weighted by Gasteiger charge is 2.46. The minimum absolute atomic E-state index is 0.181. The number of H-pyrrole nitrogens is 2. The van der Waals surface area contributed by atoms with Gasteiger partial charge in [0.05, 0.1) is 0 Å². The summed E-state index contributed by atoms with van der Waals surface area (Å²) in [6, 6.07) is 0.266. The molecule has 6 nitrogen and oxygen atoms in total. The molecule has 0 bridgehead atoms. The second kappa shape index (κ2) is 2.70. The van der Waals surface area contributed by atoms with E-state index in [0.29, 0.717) is 0 Å². The van der Waals surface area contributed by atoms with Gasteiger partial charge in [-0.15, -0.1) is 5.10 Å². The Kier molecular flexibility index (Phi) is 1.73. The third-order valence-electron chi connectivity index (χ3n) is 2.54. The van der Waals surface area contributed by atoms with Gasteiger partial charge in [-0.3, -0.25) is 9.78 Å². The average Bonchev–Trinajstić information content (AvgIpc) is 2.65. The number of hydrogen-bond donors (Lipinski definition) is 3. The van der Waals surface area contributed by atoms with E-state index in [-0.39, 0.29) is 17.3 Å². The Balaban J connectivity index is 2.19. The molecule has 1 aromatic heterocycles. The van der Waals surface area contributed by atoms with Crippen molar-refractivity contribution in [3.8, 4) is 0 Å². The van der Waals surface area contributed by atoms with Crippen LogP contribution in [0.2, 0.25) is 0 Å². The molecule has 3 N–H and O–H groups in total. The molecule has 2 rings (SSSR count). The molecule has 76 valence electrons. The molecule has 0 spiro atoms. The molecule has 1 atom stereocenters. The molecule has 0 aliphatic heterocycles. The van der Waals surface area contributed by atoms with E-state index in [1.807, 2.05) is 0 Å². The summed E-state index contributed by atoms with van der Waals surface area (Å²) in [5.41, 5.74) is -0.850. The van der Waals surface area contributed by atoms with Crippen molar-refractivity contribution in [3.63, 3.8) is 0 Å². The Morgan fingerprint density at radius 1 is 1.50 bits per heavy atom. The van der Waals surface area contributed by atoms with Gasteiger partial charge in [0.15, 0.2) is 0 Å². The van der Waals surface area contributed by atoms with Crippen LogP contribution in [0, 0.1) is 5.41 Å². The van der Waals surface area contributed by atoms with E-state index >= 15 is 0 Å². The first-order valence-corrected chi connectivity index (χ1v) is 4.44. The minimum Gasteiger partial charge on any atom is -0.361 e. The zero-order valence-corrected chi connectivity index (χ0v) is 8.05. The second-order valence-corrected chi connectivity index (χ2v) is 4.25. The third-order valence-corrected chi connectivity index (χ3v) is 2.54. The van der Waals surface area contributed by atoms with E-state index in [1.54, 1.807) is 0 Å². The van der Waals surface area contributed by atoms with Crippen molar-refractivity contribution in [2.75, 3.05) is 5.32 Å². The molecule has 1 aromatic rings. The van der Waals surface area contributed by atoms with E-state index in [1.165, 1.54) is 0 Å². The Bertz CT molecular complexity index is 459. The Morgan fingerprint density at radius 2 is 2.14 bits per heavy atom. The minimum atomic E-state index is -0.587. The number of nitrogens with zero attached hydrogens (tertiary/aromatic N) is 1. The normalized spacial score (nSPS) is 23.1. The summed E-state index contributed by atoms with van der Waals surface area (Å²) in [6.07, 6.45) is 1.01. The van der Waals surface area contributed by atoms with Crippen LogP contribution in [0.5, 0.6) is 0 Å². The summed E-state index contributed by atoms with van der Waals surface area (Å²) < 4.78 is 0. The quantitative estimate of drug-likeness (QED) is 0.604. The predicted molar refractivity (Wildman–Crippen MR) is 51.3 cm³/mol. The van der Waals surface area contributed by atoms with E-state index in [2.05, 4.69) is 34.3 Å². The maximum absolute atomic E-state index is 11.2. The topological polar surface area (TPSA) is 90.6 Å². The molecule has 0 radical (unpaired) electrons. The molecule has 1 fully saturated rings. The Labute approximate surface area is 79.8 Å². The fourth-order valence-corrected chi connectivity index (χ4v) is 1.32. The summed E-state index contributed by atoms with van der Waals surface area (Å²) in [7, 11) is 0. The van der Waals surface area contributed by atoms with Crippen molar-refractivity contribution < 1.29 is 0 Å². The van der Waals surface area contributed by atoms with Crippen molar-refractivity contribution in [1.82, 2.24) is 15.2 Å². The number of aromatic amines is 2. The standard InChI is InChI=1S/C8H12N4O2/c1-8(2)3-4(8)9-5-6(13)10-7(14)12-11-5/h4H,3H2,1-2H3,(H,9,11)(H2,10,12,13,14). The monoisotopic (exact) mass is 196 g/mol. The molecule has 1 heterocycles. The lowest BCUT2D eigenvalue weighted by molar-refractivity contribution is 0.628. The number of aromatic nitrogens is 3. The van der Waals surface area contributed by atoms with Crippen molar-refractivity contribution in [3.05, 3.63) is 20.8 Å². The predicted octanol–water partition coefficient (Wildman–Crippen LogP) is -0.331. The van der Waals surface area contributed by atoms with Gasteiger partial charge in [-0.05, 0) is 11.8 Å². The lowest BCUT2D eigenvalue weighted by Gasteiger charge is -2.04. The highest BCUT2D eigenvalue weighted by Crippen LogP contribution is 2.45. The summed E-state index contributed by atoms with van der Waals surface area (Å²) >= 11 is 0. The van der Waals surface area contributed by atoms with Crippen LogP contribution in [0.15, 0.2) is 9.59 Å². The van der Waals surface area contributed by atoms with E-state index in [9.17, 15) is 9.59 Å². The Morgan fingerprint density at radius 3 is 2.64 bits per heavy atom. The first-order chi connectivity index (χ1) is 6.49.